The molecule has 3 nitrogen and oxygen atoms in total. The molecule has 3 heteroatoms. The average molecular weight is 212 g/mol. The molecule has 0 bridgehead atoms. The number of nitrogens with zero attached hydrogens (tertiary/aromatic N) is 1. The van der Waals surface area contributed by atoms with E-state index in [9.17, 15) is 5.11 Å². The molecule has 0 heterocycles. The highest BCUT2D eigenvalue weighted by Crippen LogP contribution is 2.37. The number of aliphatic hydroxyl groups is 1. The molecule has 0 radical (unpaired) electrons. The van der Waals surface area contributed by atoms with Crippen molar-refractivity contribution in [1.82, 2.24) is 10.2 Å². The van der Waals surface area contributed by atoms with Crippen LogP contribution in [0.4, 0.5) is 0 Å². The first-order chi connectivity index (χ1) is 7.21. The molecule has 2 aliphatic rings. The normalized spacial score (nSPS) is 36.4. The van der Waals surface area contributed by atoms with Crippen LogP contribution in [0.25, 0.3) is 0 Å². The van der Waals surface area contributed by atoms with Crippen LogP contribution in [0.2, 0.25) is 0 Å². The Morgan fingerprint density at radius 1 is 1.33 bits per heavy atom. The molecule has 2 atom stereocenters. The molecular formula is C12H24N2O. The maximum absolute atomic E-state index is 9.52. The van der Waals surface area contributed by atoms with E-state index in [1.807, 2.05) is 0 Å². The predicted octanol–water partition coefficient (Wildman–Crippen LogP) is 0.974. The Balaban J connectivity index is 1.91. The maximum atomic E-state index is 9.52. The van der Waals surface area contributed by atoms with E-state index in [1.54, 1.807) is 0 Å². The van der Waals surface area contributed by atoms with Crippen LogP contribution >= 0.6 is 0 Å². The molecular weight excluding hydrogens is 188 g/mol. The lowest BCUT2D eigenvalue weighted by molar-refractivity contribution is 0.150. The molecule has 2 aliphatic carbocycles. The summed E-state index contributed by atoms with van der Waals surface area (Å²) < 4.78 is 0. The summed E-state index contributed by atoms with van der Waals surface area (Å²) in [5, 5.41) is 13.0. The zero-order valence-electron chi connectivity index (χ0n) is 10.00. The van der Waals surface area contributed by atoms with E-state index in [4.69, 9.17) is 0 Å². The molecule has 0 amide bonds. The van der Waals surface area contributed by atoms with Crippen molar-refractivity contribution in [2.75, 3.05) is 20.2 Å². The second-order valence-corrected chi connectivity index (χ2v) is 5.26. The summed E-state index contributed by atoms with van der Waals surface area (Å²) in [6.45, 7) is 3.37. The van der Waals surface area contributed by atoms with Crippen molar-refractivity contribution in [3.63, 3.8) is 0 Å². The molecule has 0 aromatic rings. The van der Waals surface area contributed by atoms with Gasteiger partial charge in [0.05, 0.1) is 6.61 Å². The van der Waals surface area contributed by atoms with Crippen molar-refractivity contribution in [3.8, 4) is 0 Å². The van der Waals surface area contributed by atoms with E-state index in [0.717, 1.165) is 25.4 Å². The highest BCUT2D eigenvalue weighted by atomic mass is 16.3. The summed E-state index contributed by atoms with van der Waals surface area (Å²) in [5.41, 5.74) is 0.0164. The van der Waals surface area contributed by atoms with Crippen molar-refractivity contribution < 1.29 is 5.11 Å². The fraction of sp³-hybridized carbons (Fsp3) is 1.00. The first-order valence-corrected chi connectivity index (χ1v) is 6.28. The first-order valence-electron chi connectivity index (χ1n) is 6.28. The van der Waals surface area contributed by atoms with Gasteiger partial charge in [-0.3, -0.25) is 0 Å². The minimum atomic E-state index is 0.0164. The van der Waals surface area contributed by atoms with Crippen molar-refractivity contribution in [1.29, 1.82) is 0 Å². The molecule has 0 aliphatic heterocycles. The third-order valence-corrected chi connectivity index (χ3v) is 4.14. The number of hydrogen-bond donors (Lipinski definition) is 2. The Kier molecular flexibility index (Phi) is 3.33. The number of nitrogens with one attached hydrogen (secondary N) is 1. The summed E-state index contributed by atoms with van der Waals surface area (Å²) in [6, 6.07) is 1.52. The average Bonchev–Trinajstić information content (AvgIpc) is 3.00. The van der Waals surface area contributed by atoms with Gasteiger partial charge in [0.25, 0.3) is 0 Å². The van der Waals surface area contributed by atoms with Crippen molar-refractivity contribution >= 4 is 0 Å². The molecule has 2 unspecified atom stereocenters. The van der Waals surface area contributed by atoms with Gasteiger partial charge in [0.2, 0.25) is 0 Å². The predicted molar refractivity (Wildman–Crippen MR) is 61.9 cm³/mol. The van der Waals surface area contributed by atoms with E-state index in [-0.39, 0.29) is 12.1 Å². The minimum Gasteiger partial charge on any atom is -0.394 e. The van der Waals surface area contributed by atoms with Crippen LogP contribution in [0.15, 0.2) is 0 Å². The number of rotatable bonds is 5. The van der Waals surface area contributed by atoms with Gasteiger partial charge in [-0.15, -0.1) is 0 Å². The summed E-state index contributed by atoms with van der Waals surface area (Å²) in [6.07, 6.45) is 6.23. The monoisotopic (exact) mass is 212 g/mol. The van der Waals surface area contributed by atoms with Crippen LogP contribution in [-0.2, 0) is 0 Å². The Labute approximate surface area is 92.8 Å². The van der Waals surface area contributed by atoms with Gasteiger partial charge in [0.15, 0.2) is 0 Å². The van der Waals surface area contributed by atoms with Gasteiger partial charge >= 0.3 is 0 Å². The van der Waals surface area contributed by atoms with Crippen molar-refractivity contribution in [3.05, 3.63) is 0 Å². The molecule has 0 spiro atoms. The lowest BCUT2D eigenvalue weighted by atomic mass is 9.98. The molecule has 2 fully saturated rings. The van der Waals surface area contributed by atoms with Crippen LogP contribution in [0.1, 0.15) is 39.0 Å². The van der Waals surface area contributed by atoms with Gasteiger partial charge < -0.3 is 15.3 Å². The third kappa shape index (κ3) is 2.35. The quantitative estimate of drug-likeness (QED) is 0.713. The first kappa shape index (κ1) is 11.4. The SMILES string of the molecule is CCNC1(CO)CCC(N(C)C2CC2)C1. The fourth-order valence-corrected chi connectivity index (χ4v) is 2.96. The van der Waals surface area contributed by atoms with Crippen LogP contribution in [0.5, 0.6) is 0 Å². The summed E-state index contributed by atoms with van der Waals surface area (Å²) in [5.74, 6) is 0. The summed E-state index contributed by atoms with van der Waals surface area (Å²) >= 11 is 0. The van der Waals surface area contributed by atoms with Crippen molar-refractivity contribution in [2.24, 2.45) is 0 Å². The lowest BCUT2D eigenvalue weighted by Gasteiger charge is -2.30. The third-order valence-electron chi connectivity index (χ3n) is 4.14. The van der Waals surface area contributed by atoms with Gasteiger partial charge in [-0.05, 0) is 45.7 Å². The standard InChI is InChI=1S/C12H24N2O/c1-3-13-12(9-15)7-6-11(8-12)14(2)10-4-5-10/h10-11,13,15H,3-9H2,1-2H3. The van der Waals surface area contributed by atoms with Crippen molar-refractivity contribution in [2.45, 2.75) is 56.7 Å². The van der Waals surface area contributed by atoms with Gasteiger partial charge in [-0.25, -0.2) is 0 Å². The van der Waals surface area contributed by atoms with E-state index in [2.05, 4.69) is 24.2 Å². The van der Waals surface area contributed by atoms with Gasteiger partial charge in [-0.2, -0.15) is 0 Å². The van der Waals surface area contributed by atoms with E-state index in [1.165, 1.54) is 19.3 Å². The van der Waals surface area contributed by atoms with Crippen LogP contribution in [-0.4, -0.2) is 47.8 Å². The molecule has 15 heavy (non-hydrogen) atoms. The molecule has 2 saturated carbocycles. The second kappa shape index (κ2) is 4.40. The summed E-state index contributed by atoms with van der Waals surface area (Å²) in [4.78, 5) is 2.54. The summed E-state index contributed by atoms with van der Waals surface area (Å²) in [7, 11) is 2.25. The number of likely N-dealkylation sites (N-methyl/N-ethyl adjacent to an activating group) is 1. The zero-order chi connectivity index (χ0) is 10.9. The van der Waals surface area contributed by atoms with E-state index in [0.29, 0.717) is 6.04 Å². The van der Waals surface area contributed by atoms with E-state index < -0.39 is 0 Å². The van der Waals surface area contributed by atoms with Gasteiger partial charge in [0.1, 0.15) is 0 Å². The Bertz CT molecular complexity index is 218. The molecule has 0 aromatic carbocycles. The largest absolute Gasteiger partial charge is 0.394 e. The Morgan fingerprint density at radius 2 is 2.07 bits per heavy atom. The van der Waals surface area contributed by atoms with E-state index >= 15 is 0 Å². The lowest BCUT2D eigenvalue weighted by Crippen LogP contribution is -2.47. The zero-order valence-corrected chi connectivity index (χ0v) is 10.00. The Hall–Kier alpha value is -0.120. The molecule has 0 saturated heterocycles. The number of aliphatic hydroxyl groups excluding tert-OH is 1. The minimum absolute atomic E-state index is 0.0164. The van der Waals surface area contributed by atoms with Gasteiger partial charge in [0, 0.05) is 17.6 Å². The smallest absolute Gasteiger partial charge is 0.0613 e. The fourth-order valence-electron chi connectivity index (χ4n) is 2.96. The Morgan fingerprint density at radius 3 is 2.60 bits per heavy atom. The second-order valence-electron chi connectivity index (χ2n) is 5.26. The topological polar surface area (TPSA) is 35.5 Å². The highest BCUT2D eigenvalue weighted by Gasteiger charge is 2.42. The van der Waals surface area contributed by atoms with Gasteiger partial charge in [-0.1, -0.05) is 6.92 Å². The molecule has 88 valence electrons. The molecule has 0 aromatic heterocycles. The van der Waals surface area contributed by atoms with Crippen LogP contribution < -0.4 is 5.32 Å². The van der Waals surface area contributed by atoms with Crippen LogP contribution in [0, 0.1) is 0 Å². The number of hydrogen-bond acceptors (Lipinski definition) is 3. The molecule has 2 N–H and O–H groups in total. The highest BCUT2D eigenvalue weighted by molar-refractivity contribution is 5.01. The van der Waals surface area contributed by atoms with Crippen LogP contribution in [0.3, 0.4) is 0 Å². The molecule has 2 rings (SSSR count). The maximum Gasteiger partial charge on any atom is 0.0613 e.